The van der Waals surface area contributed by atoms with Crippen LogP contribution in [-0.4, -0.2) is 28.8 Å². The quantitative estimate of drug-likeness (QED) is 0.848. The van der Waals surface area contributed by atoms with Gasteiger partial charge in [-0.05, 0) is 25.0 Å². The molecule has 1 spiro atoms. The molecule has 2 fully saturated rings. The molecule has 1 aliphatic carbocycles. The molecule has 1 unspecified atom stereocenters. The van der Waals surface area contributed by atoms with Crippen LogP contribution in [0.5, 0.6) is 0 Å². The Hall–Kier alpha value is -1.31. The Kier molecular flexibility index (Phi) is 3.37. The van der Waals surface area contributed by atoms with Gasteiger partial charge < -0.3 is 8.98 Å². The lowest BCUT2D eigenvalue weighted by atomic mass is 9.71. The number of rotatable bonds is 3. The van der Waals surface area contributed by atoms with E-state index in [1.807, 2.05) is 6.07 Å². The molecule has 0 aromatic carbocycles. The van der Waals surface area contributed by atoms with Crippen LogP contribution in [0.4, 0.5) is 0 Å². The van der Waals surface area contributed by atoms with Gasteiger partial charge in [0.1, 0.15) is 10.9 Å². The lowest BCUT2D eigenvalue weighted by Crippen LogP contribution is -2.59. The first-order chi connectivity index (χ1) is 11.0. The maximum atomic E-state index is 13.0. The van der Waals surface area contributed by atoms with Gasteiger partial charge in [0.2, 0.25) is 5.16 Å². The average molecular weight is 356 g/mol. The first-order valence-corrected chi connectivity index (χ1v) is 9.50. The standard InChI is InChI=1S/C15H18ClN3O3S/c1-18-12(16)9-17-14(18)23(20,21)19-10-15(6-2-3-7-15)13(19)11-5-4-8-22-11/h4-5,8-9,13H,2-3,6-7,10H2,1H3. The van der Waals surface area contributed by atoms with Gasteiger partial charge in [-0.1, -0.05) is 24.4 Å². The van der Waals surface area contributed by atoms with Crippen LogP contribution in [0.15, 0.2) is 34.2 Å². The molecule has 2 aromatic rings. The fourth-order valence-corrected chi connectivity index (χ4v) is 6.07. The van der Waals surface area contributed by atoms with E-state index in [4.69, 9.17) is 16.0 Å². The highest BCUT2D eigenvalue weighted by molar-refractivity contribution is 7.89. The first kappa shape index (κ1) is 15.2. The van der Waals surface area contributed by atoms with E-state index in [-0.39, 0.29) is 16.6 Å². The second-order valence-corrected chi connectivity index (χ2v) is 8.63. The van der Waals surface area contributed by atoms with E-state index in [1.165, 1.54) is 15.1 Å². The van der Waals surface area contributed by atoms with Crippen molar-refractivity contribution in [3.8, 4) is 0 Å². The summed E-state index contributed by atoms with van der Waals surface area (Å²) in [4.78, 5) is 3.99. The minimum Gasteiger partial charge on any atom is -0.468 e. The fraction of sp³-hybridized carbons (Fsp3) is 0.533. The van der Waals surface area contributed by atoms with Crippen molar-refractivity contribution in [1.82, 2.24) is 13.9 Å². The Morgan fingerprint density at radius 3 is 2.70 bits per heavy atom. The third-order valence-corrected chi connectivity index (χ3v) is 7.33. The Morgan fingerprint density at radius 1 is 1.39 bits per heavy atom. The minimum absolute atomic E-state index is 0.000117. The van der Waals surface area contributed by atoms with Gasteiger partial charge in [-0.15, -0.1) is 0 Å². The van der Waals surface area contributed by atoms with Crippen LogP contribution >= 0.6 is 11.6 Å². The van der Waals surface area contributed by atoms with Gasteiger partial charge in [0, 0.05) is 19.0 Å². The van der Waals surface area contributed by atoms with Crippen molar-refractivity contribution in [2.24, 2.45) is 12.5 Å². The maximum absolute atomic E-state index is 13.0. The highest BCUT2D eigenvalue weighted by Crippen LogP contribution is 2.59. The summed E-state index contributed by atoms with van der Waals surface area (Å²) in [5.74, 6) is 0.710. The number of furan rings is 1. The number of nitrogens with zero attached hydrogens (tertiary/aromatic N) is 3. The van der Waals surface area contributed by atoms with Crippen molar-refractivity contribution in [1.29, 1.82) is 0 Å². The summed E-state index contributed by atoms with van der Waals surface area (Å²) in [5, 5.41) is 0.279. The Balaban J connectivity index is 1.75. The fourth-order valence-electron chi connectivity index (χ4n) is 4.02. The molecular weight excluding hydrogens is 338 g/mol. The Labute approximate surface area is 140 Å². The van der Waals surface area contributed by atoms with Crippen molar-refractivity contribution < 1.29 is 12.8 Å². The Bertz CT molecular complexity index is 822. The van der Waals surface area contributed by atoms with Gasteiger partial charge in [-0.3, -0.25) is 0 Å². The van der Waals surface area contributed by atoms with Crippen molar-refractivity contribution in [3.63, 3.8) is 0 Å². The van der Waals surface area contributed by atoms with Crippen LogP contribution in [0.2, 0.25) is 5.15 Å². The van der Waals surface area contributed by atoms with Crippen molar-refractivity contribution in [3.05, 3.63) is 35.5 Å². The van der Waals surface area contributed by atoms with Crippen molar-refractivity contribution >= 4 is 21.6 Å². The summed E-state index contributed by atoms with van der Waals surface area (Å²) in [7, 11) is -2.10. The predicted molar refractivity (Wildman–Crippen MR) is 84.5 cm³/mol. The zero-order chi connectivity index (χ0) is 16.2. The molecule has 0 N–H and O–H groups in total. The second kappa shape index (κ2) is 5.09. The maximum Gasteiger partial charge on any atom is 0.277 e. The number of imidazole rings is 1. The lowest BCUT2D eigenvalue weighted by molar-refractivity contribution is -0.0212. The second-order valence-electron chi connectivity index (χ2n) is 6.46. The zero-order valence-corrected chi connectivity index (χ0v) is 14.3. The van der Waals surface area contributed by atoms with Gasteiger partial charge >= 0.3 is 0 Å². The SMILES string of the molecule is Cn1c(Cl)cnc1S(=O)(=O)N1CC2(CCCC2)C1c1ccco1. The molecule has 2 aliphatic rings. The van der Waals surface area contributed by atoms with E-state index in [1.54, 1.807) is 19.4 Å². The van der Waals surface area contributed by atoms with E-state index in [0.29, 0.717) is 17.5 Å². The predicted octanol–water partition coefficient (Wildman–Crippen LogP) is 2.97. The third kappa shape index (κ3) is 2.10. The van der Waals surface area contributed by atoms with Gasteiger partial charge in [-0.25, -0.2) is 13.4 Å². The molecule has 23 heavy (non-hydrogen) atoms. The summed E-state index contributed by atoms with van der Waals surface area (Å²) < 4.78 is 34.5. The molecule has 8 heteroatoms. The molecule has 6 nitrogen and oxygen atoms in total. The molecule has 0 bridgehead atoms. The summed E-state index contributed by atoms with van der Waals surface area (Å²) in [6, 6.07) is 3.41. The largest absolute Gasteiger partial charge is 0.468 e. The molecular formula is C15H18ClN3O3S. The van der Waals surface area contributed by atoms with Crippen LogP contribution in [0.1, 0.15) is 37.5 Å². The topological polar surface area (TPSA) is 68.3 Å². The van der Waals surface area contributed by atoms with Gasteiger partial charge in [0.25, 0.3) is 10.0 Å². The summed E-state index contributed by atoms with van der Waals surface area (Å²) in [6.07, 6.45) is 7.30. The highest BCUT2D eigenvalue weighted by Gasteiger charge is 2.60. The van der Waals surface area contributed by atoms with Gasteiger partial charge in [0.15, 0.2) is 0 Å². The molecule has 2 aromatic heterocycles. The van der Waals surface area contributed by atoms with E-state index >= 15 is 0 Å². The molecule has 1 saturated heterocycles. The molecule has 124 valence electrons. The number of sulfonamides is 1. The molecule has 0 amide bonds. The van der Waals surface area contributed by atoms with E-state index in [2.05, 4.69) is 4.98 Å². The molecule has 3 heterocycles. The molecule has 0 radical (unpaired) electrons. The Morgan fingerprint density at radius 2 is 2.13 bits per heavy atom. The summed E-state index contributed by atoms with van der Waals surface area (Å²) in [5.41, 5.74) is -0.000117. The molecule has 1 saturated carbocycles. The van der Waals surface area contributed by atoms with Crippen molar-refractivity contribution in [2.45, 2.75) is 36.9 Å². The highest BCUT2D eigenvalue weighted by atomic mass is 35.5. The number of hydrogen-bond donors (Lipinski definition) is 0. The normalized spacial score (nSPS) is 24.2. The molecule has 1 aliphatic heterocycles. The first-order valence-electron chi connectivity index (χ1n) is 7.68. The summed E-state index contributed by atoms with van der Waals surface area (Å²) in [6.45, 7) is 0.519. The zero-order valence-electron chi connectivity index (χ0n) is 12.8. The van der Waals surface area contributed by atoms with Crippen LogP contribution in [0, 0.1) is 5.41 Å². The van der Waals surface area contributed by atoms with Crippen LogP contribution < -0.4 is 0 Å². The van der Waals surface area contributed by atoms with Crippen LogP contribution in [-0.2, 0) is 17.1 Å². The number of halogens is 1. The minimum atomic E-state index is -3.71. The number of aromatic nitrogens is 2. The monoisotopic (exact) mass is 355 g/mol. The summed E-state index contributed by atoms with van der Waals surface area (Å²) >= 11 is 5.96. The van der Waals surface area contributed by atoms with Crippen LogP contribution in [0.25, 0.3) is 0 Å². The van der Waals surface area contributed by atoms with Crippen molar-refractivity contribution in [2.75, 3.05) is 6.54 Å². The van der Waals surface area contributed by atoms with E-state index < -0.39 is 10.0 Å². The van der Waals surface area contributed by atoms with E-state index in [9.17, 15) is 8.42 Å². The third-order valence-electron chi connectivity index (χ3n) is 5.18. The lowest BCUT2D eigenvalue weighted by Gasteiger charge is -2.53. The van der Waals surface area contributed by atoms with Crippen LogP contribution in [0.3, 0.4) is 0 Å². The average Bonchev–Trinajstić information content (AvgIpc) is 3.21. The number of hydrogen-bond acceptors (Lipinski definition) is 4. The van der Waals surface area contributed by atoms with E-state index in [0.717, 1.165) is 25.7 Å². The smallest absolute Gasteiger partial charge is 0.277 e. The van der Waals surface area contributed by atoms with Gasteiger partial charge in [0.05, 0.1) is 18.5 Å². The molecule has 4 rings (SSSR count). The van der Waals surface area contributed by atoms with Gasteiger partial charge in [-0.2, -0.15) is 4.31 Å². The molecule has 1 atom stereocenters.